The van der Waals surface area contributed by atoms with Gasteiger partial charge in [0.2, 0.25) is 5.60 Å². The van der Waals surface area contributed by atoms with Gasteiger partial charge in [0.05, 0.1) is 4.88 Å². The minimum Gasteiger partial charge on any atom is -0.379 e. The van der Waals surface area contributed by atoms with Gasteiger partial charge in [0.25, 0.3) is 5.91 Å². The van der Waals surface area contributed by atoms with Crippen molar-refractivity contribution in [3.8, 4) is 0 Å². The molecule has 1 amide bonds. The lowest BCUT2D eigenvalue weighted by Crippen LogP contribution is -2.49. The van der Waals surface area contributed by atoms with E-state index in [4.69, 9.17) is 4.84 Å². The molecule has 1 aromatic heterocycles. The number of thiophene rings is 1. The number of hydrogen-bond donors (Lipinski definition) is 1. The van der Waals surface area contributed by atoms with E-state index < -0.39 is 5.60 Å². The third-order valence-electron chi connectivity index (χ3n) is 5.68. The number of carbonyl (C=O) groups is 1. The molecule has 1 saturated carbocycles. The van der Waals surface area contributed by atoms with Crippen LogP contribution in [-0.2, 0) is 15.0 Å². The molecule has 4 nitrogen and oxygen atoms in total. The van der Waals surface area contributed by atoms with Crippen LogP contribution >= 0.6 is 11.3 Å². The zero-order chi connectivity index (χ0) is 18.0. The second kappa shape index (κ2) is 6.88. The van der Waals surface area contributed by atoms with Gasteiger partial charge >= 0.3 is 0 Å². The van der Waals surface area contributed by atoms with Crippen LogP contribution in [0.5, 0.6) is 0 Å². The molecular formula is C21H24N2O2S. The molecule has 1 unspecified atom stereocenters. The maximum absolute atomic E-state index is 12.9. The zero-order valence-corrected chi connectivity index (χ0v) is 15.8. The van der Waals surface area contributed by atoms with Gasteiger partial charge < -0.3 is 10.2 Å². The molecule has 2 aromatic rings. The van der Waals surface area contributed by atoms with E-state index >= 15 is 0 Å². The second-order valence-electron chi connectivity index (χ2n) is 7.55. The van der Waals surface area contributed by atoms with Crippen LogP contribution in [0.15, 0.2) is 53.0 Å². The minimum absolute atomic E-state index is 0.0450. The first kappa shape index (κ1) is 17.3. The molecule has 4 rings (SSSR count). The third kappa shape index (κ3) is 3.16. The number of nitrogens with one attached hydrogen (secondary N) is 1. The van der Waals surface area contributed by atoms with Gasteiger partial charge in [-0.25, -0.2) is 0 Å². The average molecular weight is 369 g/mol. The van der Waals surface area contributed by atoms with Crippen molar-refractivity contribution in [1.29, 1.82) is 0 Å². The Balaban J connectivity index is 1.43. The van der Waals surface area contributed by atoms with Crippen molar-refractivity contribution in [2.75, 3.05) is 6.54 Å². The Morgan fingerprint density at radius 2 is 1.96 bits per heavy atom. The highest BCUT2D eigenvalue weighted by molar-refractivity contribution is 7.12. The van der Waals surface area contributed by atoms with Crippen LogP contribution in [0.3, 0.4) is 0 Å². The maximum atomic E-state index is 12.9. The highest BCUT2D eigenvalue weighted by Gasteiger charge is 2.44. The van der Waals surface area contributed by atoms with E-state index in [1.807, 2.05) is 30.5 Å². The lowest BCUT2D eigenvalue weighted by molar-refractivity contribution is -0.142. The molecule has 1 N–H and O–H groups in total. The summed E-state index contributed by atoms with van der Waals surface area (Å²) in [4.78, 5) is 19.5. The molecular weight excluding hydrogens is 344 g/mol. The van der Waals surface area contributed by atoms with Crippen LogP contribution in [0.1, 0.15) is 49.5 Å². The van der Waals surface area contributed by atoms with Gasteiger partial charge in [0, 0.05) is 18.4 Å². The lowest BCUT2D eigenvalue weighted by atomic mass is 9.78. The highest BCUT2D eigenvalue weighted by Crippen LogP contribution is 2.40. The van der Waals surface area contributed by atoms with Gasteiger partial charge in [-0.3, -0.25) is 4.79 Å². The average Bonchev–Trinajstić information content (AvgIpc) is 3.42. The molecule has 1 aromatic carbocycles. The Bertz CT molecular complexity index is 795. The highest BCUT2D eigenvalue weighted by atomic mass is 32.1. The number of rotatable bonds is 5. The normalized spacial score (nSPS) is 24.1. The van der Waals surface area contributed by atoms with E-state index in [0.29, 0.717) is 13.0 Å². The molecule has 2 heterocycles. The van der Waals surface area contributed by atoms with Crippen LogP contribution in [0.2, 0.25) is 0 Å². The number of amides is 1. The van der Waals surface area contributed by atoms with E-state index in [0.717, 1.165) is 23.4 Å². The standard InChI is InChI=1S/C21H24N2O2S/c1-20(14-17(23-25-20)18-10-7-13-26-18)19(24)22-15-21(11-5-6-12-21)16-8-3-2-4-9-16/h2-4,7-10,13H,5-6,11-12,14-15H2,1H3,(H,22,24). The van der Waals surface area contributed by atoms with E-state index in [2.05, 4.69) is 34.7 Å². The summed E-state index contributed by atoms with van der Waals surface area (Å²) in [7, 11) is 0. The van der Waals surface area contributed by atoms with E-state index in [1.54, 1.807) is 11.3 Å². The maximum Gasteiger partial charge on any atom is 0.267 e. The summed E-state index contributed by atoms with van der Waals surface area (Å²) in [6.07, 6.45) is 5.17. The largest absolute Gasteiger partial charge is 0.379 e. The molecule has 1 fully saturated rings. The van der Waals surface area contributed by atoms with Crippen LogP contribution in [0.25, 0.3) is 0 Å². The van der Waals surface area contributed by atoms with Crippen LogP contribution in [0, 0.1) is 0 Å². The SMILES string of the molecule is CC1(C(=O)NCC2(c3ccccc3)CCCC2)CC(c2cccs2)=NO1. The van der Waals surface area contributed by atoms with Crippen LogP contribution < -0.4 is 5.32 Å². The van der Waals surface area contributed by atoms with Crippen molar-refractivity contribution in [3.63, 3.8) is 0 Å². The van der Waals surface area contributed by atoms with E-state index in [-0.39, 0.29) is 11.3 Å². The predicted octanol–water partition coefficient (Wildman–Crippen LogP) is 4.26. The predicted molar refractivity (Wildman–Crippen MR) is 105 cm³/mol. The fraction of sp³-hybridized carbons (Fsp3) is 0.429. The smallest absolute Gasteiger partial charge is 0.267 e. The number of hydrogen-bond acceptors (Lipinski definition) is 4. The van der Waals surface area contributed by atoms with Gasteiger partial charge in [0.1, 0.15) is 5.71 Å². The molecule has 0 saturated heterocycles. The summed E-state index contributed by atoms with van der Waals surface area (Å²) in [6.45, 7) is 2.49. The summed E-state index contributed by atoms with van der Waals surface area (Å²) in [5, 5.41) is 9.36. The Morgan fingerprint density at radius 3 is 2.65 bits per heavy atom. The molecule has 0 bridgehead atoms. The van der Waals surface area contributed by atoms with Crippen LogP contribution in [0.4, 0.5) is 0 Å². The summed E-state index contributed by atoms with van der Waals surface area (Å²) < 4.78 is 0. The molecule has 0 spiro atoms. The Labute approximate surface area is 158 Å². The number of oxime groups is 1. The van der Waals surface area contributed by atoms with Crippen molar-refractivity contribution in [2.45, 2.75) is 50.0 Å². The van der Waals surface area contributed by atoms with Crippen molar-refractivity contribution in [2.24, 2.45) is 5.16 Å². The van der Waals surface area contributed by atoms with Gasteiger partial charge in [-0.1, -0.05) is 54.4 Å². The first-order valence-electron chi connectivity index (χ1n) is 9.24. The first-order chi connectivity index (χ1) is 12.6. The van der Waals surface area contributed by atoms with Crippen molar-refractivity contribution in [1.82, 2.24) is 5.32 Å². The van der Waals surface area contributed by atoms with Gasteiger partial charge in [-0.05, 0) is 36.8 Å². The summed E-state index contributed by atoms with van der Waals surface area (Å²) in [6, 6.07) is 14.6. The van der Waals surface area contributed by atoms with Crippen molar-refractivity contribution >= 4 is 23.0 Å². The summed E-state index contributed by atoms with van der Waals surface area (Å²) >= 11 is 1.62. The monoisotopic (exact) mass is 368 g/mol. The first-order valence-corrected chi connectivity index (χ1v) is 10.1. The molecule has 1 atom stereocenters. The molecule has 1 aliphatic carbocycles. The minimum atomic E-state index is -0.921. The Kier molecular flexibility index (Phi) is 4.57. The zero-order valence-electron chi connectivity index (χ0n) is 15.0. The lowest BCUT2D eigenvalue weighted by Gasteiger charge is -2.31. The molecule has 0 radical (unpaired) electrons. The number of carbonyl (C=O) groups excluding carboxylic acids is 1. The third-order valence-corrected chi connectivity index (χ3v) is 6.60. The van der Waals surface area contributed by atoms with Gasteiger partial charge in [-0.15, -0.1) is 11.3 Å². The molecule has 136 valence electrons. The van der Waals surface area contributed by atoms with E-state index in [1.165, 1.54) is 18.4 Å². The quantitative estimate of drug-likeness (QED) is 0.857. The molecule has 26 heavy (non-hydrogen) atoms. The Hall–Kier alpha value is -2.14. The molecule has 1 aliphatic heterocycles. The molecule has 2 aliphatic rings. The van der Waals surface area contributed by atoms with E-state index in [9.17, 15) is 4.79 Å². The topological polar surface area (TPSA) is 50.7 Å². The fourth-order valence-electron chi connectivity index (χ4n) is 4.08. The fourth-order valence-corrected chi connectivity index (χ4v) is 4.79. The Morgan fingerprint density at radius 1 is 1.19 bits per heavy atom. The molecule has 5 heteroatoms. The number of nitrogens with zero attached hydrogens (tertiary/aromatic N) is 1. The summed E-state index contributed by atoms with van der Waals surface area (Å²) in [5.41, 5.74) is 1.31. The van der Waals surface area contributed by atoms with Crippen LogP contribution in [-0.4, -0.2) is 23.8 Å². The van der Waals surface area contributed by atoms with Crippen molar-refractivity contribution in [3.05, 3.63) is 58.3 Å². The van der Waals surface area contributed by atoms with Gasteiger partial charge in [0.15, 0.2) is 0 Å². The summed E-state index contributed by atoms with van der Waals surface area (Å²) in [5.74, 6) is -0.0741. The number of benzene rings is 1. The second-order valence-corrected chi connectivity index (χ2v) is 8.50. The van der Waals surface area contributed by atoms with Crippen molar-refractivity contribution < 1.29 is 9.63 Å². The van der Waals surface area contributed by atoms with Gasteiger partial charge in [-0.2, -0.15) is 0 Å².